The number of carbonyl (C=O) groups excluding carboxylic acids is 1. The van der Waals surface area contributed by atoms with Crippen molar-refractivity contribution in [2.45, 2.75) is 13.0 Å². The minimum atomic E-state index is -0.488. The van der Waals surface area contributed by atoms with Gasteiger partial charge in [0.05, 0.1) is 20.3 Å². The summed E-state index contributed by atoms with van der Waals surface area (Å²) in [6, 6.07) is 8.93. The smallest absolute Gasteiger partial charge is 0.373 e. The third-order valence-corrected chi connectivity index (χ3v) is 3.39. The van der Waals surface area contributed by atoms with Crippen LogP contribution < -0.4 is 10.1 Å². The molecule has 0 radical (unpaired) electrons. The molecule has 0 aliphatic carbocycles. The maximum Gasteiger partial charge on any atom is 0.373 e. The van der Waals surface area contributed by atoms with Gasteiger partial charge < -0.3 is 19.2 Å². The zero-order chi connectivity index (χ0) is 15.4. The molecule has 0 saturated heterocycles. The van der Waals surface area contributed by atoms with Gasteiger partial charge in [-0.05, 0) is 31.2 Å². The van der Waals surface area contributed by atoms with Gasteiger partial charge >= 0.3 is 5.97 Å². The van der Waals surface area contributed by atoms with E-state index in [1.54, 1.807) is 19.2 Å². The van der Waals surface area contributed by atoms with Crippen molar-refractivity contribution in [3.63, 3.8) is 0 Å². The van der Waals surface area contributed by atoms with Crippen LogP contribution in [0.15, 0.2) is 39.2 Å². The summed E-state index contributed by atoms with van der Waals surface area (Å²) in [6.07, 6.45) is 0. The predicted octanol–water partition coefficient (Wildman–Crippen LogP) is 4.01. The second-order valence-electron chi connectivity index (χ2n) is 4.44. The van der Waals surface area contributed by atoms with Crippen molar-refractivity contribution >= 4 is 27.6 Å². The Labute approximate surface area is 131 Å². The fourth-order valence-corrected chi connectivity index (χ4v) is 2.35. The molecule has 1 aromatic heterocycles. The van der Waals surface area contributed by atoms with E-state index in [2.05, 4.69) is 26.0 Å². The highest BCUT2D eigenvalue weighted by Gasteiger charge is 2.15. The summed E-state index contributed by atoms with van der Waals surface area (Å²) < 4.78 is 16.2. The Morgan fingerprint density at radius 3 is 2.71 bits per heavy atom. The number of nitrogens with one attached hydrogen (secondary N) is 1. The number of ether oxygens (including phenoxy) is 2. The Balaban J connectivity index is 2.14. The van der Waals surface area contributed by atoms with E-state index in [1.807, 2.05) is 25.1 Å². The molecule has 0 amide bonds. The lowest BCUT2D eigenvalue weighted by Gasteiger charge is -2.14. The van der Waals surface area contributed by atoms with Gasteiger partial charge in [-0.2, -0.15) is 0 Å². The molecule has 112 valence electrons. The van der Waals surface area contributed by atoms with Crippen LogP contribution >= 0.6 is 15.9 Å². The predicted molar refractivity (Wildman–Crippen MR) is 82.8 cm³/mol. The maximum absolute atomic E-state index is 11.4. The van der Waals surface area contributed by atoms with E-state index in [0.717, 1.165) is 15.9 Å². The third kappa shape index (κ3) is 3.78. The summed E-state index contributed by atoms with van der Waals surface area (Å²) in [6.45, 7) is 1.94. The molecule has 1 aromatic carbocycles. The number of esters is 1. The molecule has 21 heavy (non-hydrogen) atoms. The minimum Gasteiger partial charge on any atom is -0.497 e. The number of benzene rings is 1. The fraction of sp³-hybridized carbons (Fsp3) is 0.267. The van der Waals surface area contributed by atoms with Gasteiger partial charge in [0.15, 0.2) is 0 Å². The molecule has 1 atom stereocenters. The molecule has 1 heterocycles. The van der Waals surface area contributed by atoms with E-state index < -0.39 is 5.97 Å². The van der Waals surface area contributed by atoms with Crippen molar-refractivity contribution < 1.29 is 18.7 Å². The number of hydrogen-bond acceptors (Lipinski definition) is 5. The van der Waals surface area contributed by atoms with Gasteiger partial charge in [0, 0.05) is 16.2 Å². The molecule has 0 fully saturated rings. The largest absolute Gasteiger partial charge is 0.497 e. The van der Waals surface area contributed by atoms with Gasteiger partial charge in [-0.25, -0.2) is 4.79 Å². The second kappa shape index (κ2) is 6.67. The Kier molecular flexibility index (Phi) is 4.90. The highest BCUT2D eigenvalue weighted by Crippen LogP contribution is 2.28. The van der Waals surface area contributed by atoms with Gasteiger partial charge in [-0.1, -0.05) is 15.9 Å². The number of rotatable bonds is 5. The highest BCUT2D eigenvalue weighted by molar-refractivity contribution is 9.10. The topological polar surface area (TPSA) is 60.7 Å². The van der Waals surface area contributed by atoms with Crippen LogP contribution in [0, 0.1) is 0 Å². The lowest BCUT2D eigenvalue weighted by atomic mass is 10.2. The quantitative estimate of drug-likeness (QED) is 0.822. The number of methoxy groups -OCH3 is 2. The summed E-state index contributed by atoms with van der Waals surface area (Å²) in [5, 5.41) is 3.29. The molecule has 5 nitrogen and oxygen atoms in total. The minimum absolute atomic E-state index is 0.109. The van der Waals surface area contributed by atoms with Gasteiger partial charge in [-0.3, -0.25) is 0 Å². The maximum atomic E-state index is 11.4. The van der Waals surface area contributed by atoms with Crippen molar-refractivity contribution in [1.29, 1.82) is 0 Å². The van der Waals surface area contributed by atoms with E-state index in [4.69, 9.17) is 9.15 Å². The van der Waals surface area contributed by atoms with E-state index in [1.165, 1.54) is 7.11 Å². The SMILES string of the molecule is COC(=O)c1ccc(C(C)Nc2cc(Br)cc(OC)c2)o1. The van der Waals surface area contributed by atoms with Gasteiger partial charge in [0.2, 0.25) is 5.76 Å². The number of furan rings is 1. The fourth-order valence-electron chi connectivity index (χ4n) is 1.88. The molecule has 2 aromatic rings. The normalized spacial score (nSPS) is 11.8. The van der Waals surface area contributed by atoms with Crippen molar-refractivity contribution in [1.82, 2.24) is 0 Å². The highest BCUT2D eigenvalue weighted by atomic mass is 79.9. The first-order valence-corrected chi connectivity index (χ1v) is 7.12. The molecule has 2 rings (SSSR count). The van der Waals surface area contributed by atoms with Gasteiger partial charge in [0.25, 0.3) is 0 Å². The molecular formula is C15H16BrNO4. The number of halogens is 1. The first-order chi connectivity index (χ1) is 10.0. The summed E-state index contributed by atoms with van der Waals surface area (Å²) in [5.41, 5.74) is 0.879. The number of hydrogen-bond donors (Lipinski definition) is 1. The lowest BCUT2D eigenvalue weighted by molar-refractivity contribution is 0.0562. The molecule has 1 N–H and O–H groups in total. The van der Waals surface area contributed by atoms with Crippen LogP contribution in [0.4, 0.5) is 5.69 Å². The number of anilines is 1. The second-order valence-corrected chi connectivity index (χ2v) is 5.36. The van der Waals surface area contributed by atoms with Gasteiger partial charge in [-0.15, -0.1) is 0 Å². The van der Waals surface area contributed by atoms with Crippen molar-refractivity contribution in [2.75, 3.05) is 19.5 Å². The molecule has 0 spiro atoms. The lowest BCUT2D eigenvalue weighted by Crippen LogP contribution is -2.06. The molecule has 0 bridgehead atoms. The average molecular weight is 354 g/mol. The van der Waals surface area contributed by atoms with E-state index in [9.17, 15) is 4.79 Å². The van der Waals surface area contributed by atoms with E-state index in [-0.39, 0.29) is 11.8 Å². The first kappa shape index (κ1) is 15.4. The molecule has 0 saturated carbocycles. The monoisotopic (exact) mass is 353 g/mol. The number of carbonyl (C=O) groups is 1. The average Bonchev–Trinajstić information content (AvgIpc) is 2.95. The van der Waals surface area contributed by atoms with Crippen molar-refractivity contribution in [2.24, 2.45) is 0 Å². The Hall–Kier alpha value is -1.95. The zero-order valence-corrected chi connectivity index (χ0v) is 13.6. The van der Waals surface area contributed by atoms with Crippen LogP contribution in [-0.2, 0) is 4.74 Å². The zero-order valence-electron chi connectivity index (χ0n) is 12.0. The van der Waals surface area contributed by atoms with Crippen LogP contribution in [-0.4, -0.2) is 20.2 Å². The Morgan fingerprint density at radius 2 is 2.05 bits per heavy atom. The van der Waals surface area contributed by atoms with Crippen molar-refractivity contribution in [3.05, 3.63) is 46.3 Å². The summed E-state index contributed by atoms with van der Waals surface area (Å²) >= 11 is 3.43. The molecule has 0 aliphatic heterocycles. The van der Waals surface area contributed by atoms with Crippen molar-refractivity contribution in [3.8, 4) is 5.75 Å². The van der Waals surface area contributed by atoms with E-state index in [0.29, 0.717) is 5.76 Å². The molecule has 6 heteroatoms. The molecule has 0 aliphatic rings. The summed E-state index contributed by atoms with van der Waals surface area (Å²) in [5.74, 6) is 1.09. The van der Waals surface area contributed by atoms with Crippen LogP contribution in [0.5, 0.6) is 5.75 Å². The summed E-state index contributed by atoms with van der Waals surface area (Å²) in [7, 11) is 2.93. The summed E-state index contributed by atoms with van der Waals surface area (Å²) in [4.78, 5) is 11.4. The van der Waals surface area contributed by atoms with Gasteiger partial charge in [0.1, 0.15) is 11.5 Å². The first-order valence-electron chi connectivity index (χ1n) is 6.32. The van der Waals surface area contributed by atoms with Crippen LogP contribution in [0.25, 0.3) is 0 Å². The van der Waals surface area contributed by atoms with Crippen LogP contribution in [0.2, 0.25) is 0 Å². The van der Waals surface area contributed by atoms with Crippen LogP contribution in [0.3, 0.4) is 0 Å². The third-order valence-electron chi connectivity index (χ3n) is 2.93. The Morgan fingerprint density at radius 1 is 1.29 bits per heavy atom. The molecular weight excluding hydrogens is 338 g/mol. The van der Waals surface area contributed by atoms with Crippen LogP contribution in [0.1, 0.15) is 29.3 Å². The Bertz CT molecular complexity index is 638. The van der Waals surface area contributed by atoms with E-state index >= 15 is 0 Å². The molecule has 1 unspecified atom stereocenters. The standard InChI is InChI=1S/C15H16BrNO4/c1-9(13-4-5-14(21-13)15(18)20-3)17-11-6-10(16)7-12(8-11)19-2/h4-9,17H,1-3H3.